The van der Waals surface area contributed by atoms with Crippen molar-refractivity contribution in [3.63, 3.8) is 0 Å². The molecule has 0 heterocycles. The monoisotopic (exact) mass is 348 g/mol. The lowest BCUT2D eigenvalue weighted by Gasteiger charge is -2.32. The van der Waals surface area contributed by atoms with Crippen molar-refractivity contribution in [2.75, 3.05) is 6.54 Å². The number of rotatable bonds is 7. The van der Waals surface area contributed by atoms with Crippen molar-refractivity contribution in [3.8, 4) is 12.3 Å². The zero-order chi connectivity index (χ0) is 17.9. The van der Waals surface area contributed by atoms with Crippen LogP contribution in [0.4, 0.5) is 0 Å². The van der Waals surface area contributed by atoms with Gasteiger partial charge < -0.3 is 4.90 Å². The number of carbonyl (C=O) groups excluding carboxylic acids is 1. The third-order valence-electron chi connectivity index (χ3n) is 4.33. The lowest BCUT2D eigenvalue weighted by molar-refractivity contribution is 0.0627. The van der Waals surface area contributed by atoms with Crippen LogP contribution < -0.4 is 4.72 Å². The van der Waals surface area contributed by atoms with Gasteiger partial charge in [-0.25, -0.2) is 8.42 Å². The number of hydrogen-bond donors (Lipinski definition) is 1. The molecule has 6 heteroatoms. The Morgan fingerprint density at radius 3 is 2.58 bits per heavy atom. The van der Waals surface area contributed by atoms with Crippen molar-refractivity contribution in [3.05, 3.63) is 29.8 Å². The molecule has 2 rings (SSSR count). The first-order chi connectivity index (χ1) is 11.3. The summed E-state index contributed by atoms with van der Waals surface area (Å²) in [7, 11) is -3.71. The molecule has 1 amide bonds. The van der Waals surface area contributed by atoms with Crippen molar-refractivity contribution in [2.45, 2.75) is 50.6 Å². The molecule has 1 saturated carbocycles. The van der Waals surface area contributed by atoms with Crippen LogP contribution in [-0.2, 0) is 10.0 Å². The predicted molar refractivity (Wildman–Crippen MR) is 94.0 cm³/mol. The van der Waals surface area contributed by atoms with E-state index in [9.17, 15) is 13.2 Å². The molecule has 1 fully saturated rings. The molecule has 1 atom stereocenters. The molecule has 1 aromatic rings. The number of terminal acetylenes is 1. The van der Waals surface area contributed by atoms with E-state index in [4.69, 9.17) is 6.42 Å². The maximum atomic E-state index is 12.9. The molecular formula is C18H24N2O3S. The number of nitrogens with one attached hydrogen (secondary N) is 1. The molecular weight excluding hydrogens is 324 g/mol. The fourth-order valence-corrected chi connectivity index (χ4v) is 3.50. The fourth-order valence-electron chi connectivity index (χ4n) is 2.52. The van der Waals surface area contributed by atoms with Crippen LogP contribution >= 0.6 is 0 Å². The summed E-state index contributed by atoms with van der Waals surface area (Å²) in [5.41, 5.74) is 0.387. The van der Waals surface area contributed by atoms with Crippen LogP contribution in [0.2, 0.25) is 0 Å². The van der Waals surface area contributed by atoms with E-state index >= 15 is 0 Å². The van der Waals surface area contributed by atoms with Crippen LogP contribution in [0.5, 0.6) is 0 Å². The summed E-state index contributed by atoms with van der Waals surface area (Å²) >= 11 is 0. The van der Waals surface area contributed by atoms with E-state index in [2.05, 4.69) is 24.5 Å². The van der Waals surface area contributed by atoms with Gasteiger partial charge in [-0.3, -0.25) is 4.79 Å². The quantitative estimate of drug-likeness (QED) is 0.769. The van der Waals surface area contributed by atoms with Gasteiger partial charge in [0.25, 0.3) is 5.91 Å². The van der Waals surface area contributed by atoms with E-state index in [0.29, 0.717) is 11.5 Å². The van der Waals surface area contributed by atoms with E-state index < -0.39 is 10.0 Å². The Morgan fingerprint density at radius 1 is 1.38 bits per heavy atom. The Balaban J connectivity index is 2.30. The summed E-state index contributed by atoms with van der Waals surface area (Å²) in [6.45, 7) is 6.12. The van der Waals surface area contributed by atoms with E-state index in [-0.39, 0.29) is 29.4 Å². The van der Waals surface area contributed by atoms with Gasteiger partial charge in [0.2, 0.25) is 10.0 Å². The van der Waals surface area contributed by atoms with Crippen LogP contribution in [0.1, 0.15) is 44.0 Å². The zero-order valence-electron chi connectivity index (χ0n) is 14.3. The molecule has 24 heavy (non-hydrogen) atoms. The van der Waals surface area contributed by atoms with Gasteiger partial charge in [-0.15, -0.1) is 6.42 Å². The molecule has 0 aromatic heterocycles. The van der Waals surface area contributed by atoms with E-state index in [1.165, 1.54) is 12.1 Å². The Bertz CT molecular complexity index is 746. The van der Waals surface area contributed by atoms with E-state index in [1.54, 1.807) is 12.1 Å². The molecule has 5 nitrogen and oxygen atoms in total. The first kappa shape index (κ1) is 18.5. The van der Waals surface area contributed by atoms with Crippen molar-refractivity contribution in [2.24, 2.45) is 5.92 Å². The molecule has 0 aliphatic heterocycles. The summed E-state index contributed by atoms with van der Waals surface area (Å²) in [6.07, 6.45) is 7.10. The zero-order valence-corrected chi connectivity index (χ0v) is 15.1. The molecule has 0 radical (unpaired) electrons. The molecule has 0 spiro atoms. The van der Waals surface area contributed by atoms with Gasteiger partial charge in [0.1, 0.15) is 0 Å². The highest BCUT2D eigenvalue weighted by molar-refractivity contribution is 7.89. The minimum Gasteiger partial charge on any atom is -0.333 e. The molecule has 130 valence electrons. The highest BCUT2D eigenvalue weighted by atomic mass is 32.2. The van der Waals surface area contributed by atoms with Gasteiger partial charge in [-0.05, 0) is 43.9 Å². The maximum Gasteiger partial charge on any atom is 0.254 e. The second-order valence-corrected chi connectivity index (χ2v) is 8.25. The predicted octanol–water partition coefficient (Wildman–Crippen LogP) is 2.25. The van der Waals surface area contributed by atoms with Crippen molar-refractivity contribution in [1.29, 1.82) is 0 Å². The van der Waals surface area contributed by atoms with Gasteiger partial charge >= 0.3 is 0 Å². The number of nitrogens with zero attached hydrogens (tertiary/aromatic N) is 1. The van der Waals surface area contributed by atoms with Gasteiger partial charge in [0, 0.05) is 17.6 Å². The van der Waals surface area contributed by atoms with Crippen LogP contribution in [0.25, 0.3) is 0 Å². The third-order valence-corrected chi connectivity index (χ3v) is 5.73. The first-order valence-electron chi connectivity index (χ1n) is 8.13. The van der Waals surface area contributed by atoms with Crippen molar-refractivity contribution in [1.82, 2.24) is 9.62 Å². The molecule has 1 aliphatic carbocycles. The SMILES string of the molecule is C#CCNS(=O)(=O)c1cccc(C(=O)N(C2CC2)[C@@H](C)C(C)C)c1. The average Bonchev–Trinajstić information content (AvgIpc) is 3.38. The molecule has 1 N–H and O–H groups in total. The lowest BCUT2D eigenvalue weighted by Crippen LogP contribution is -2.43. The Morgan fingerprint density at radius 2 is 2.04 bits per heavy atom. The smallest absolute Gasteiger partial charge is 0.254 e. The van der Waals surface area contributed by atoms with Gasteiger partial charge in [-0.1, -0.05) is 25.8 Å². The summed E-state index contributed by atoms with van der Waals surface area (Å²) in [5, 5.41) is 0. The third kappa shape index (κ3) is 4.16. The molecule has 0 saturated heterocycles. The van der Waals surface area contributed by atoms with Crippen molar-refractivity contribution >= 4 is 15.9 Å². The minimum absolute atomic E-state index is 0.0524. The Hall–Kier alpha value is -1.84. The van der Waals surface area contributed by atoms with Crippen LogP contribution in [0, 0.1) is 18.3 Å². The lowest BCUT2D eigenvalue weighted by atomic mass is 10.0. The second-order valence-electron chi connectivity index (χ2n) is 6.48. The second kappa shape index (κ2) is 7.37. The minimum atomic E-state index is -3.71. The van der Waals surface area contributed by atoms with Gasteiger partial charge in [0.05, 0.1) is 11.4 Å². The summed E-state index contributed by atoms with van der Waals surface area (Å²) in [5.74, 6) is 2.45. The van der Waals surface area contributed by atoms with Crippen LogP contribution in [0.3, 0.4) is 0 Å². The Kier molecular flexibility index (Phi) is 5.68. The molecule has 1 aromatic carbocycles. The number of hydrogen-bond acceptors (Lipinski definition) is 3. The largest absolute Gasteiger partial charge is 0.333 e. The molecule has 1 aliphatic rings. The number of carbonyl (C=O) groups is 1. The maximum absolute atomic E-state index is 12.9. The summed E-state index contributed by atoms with van der Waals surface area (Å²) < 4.78 is 26.7. The number of benzene rings is 1. The number of sulfonamides is 1. The average molecular weight is 348 g/mol. The van der Waals surface area contributed by atoms with Crippen molar-refractivity contribution < 1.29 is 13.2 Å². The topological polar surface area (TPSA) is 66.5 Å². The highest BCUT2D eigenvalue weighted by Crippen LogP contribution is 2.32. The van der Waals surface area contributed by atoms with E-state index in [1.807, 2.05) is 11.8 Å². The highest BCUT2D eigenvalue weighted by Gasteiger charge is 2.37. The van der Waals surface area contributed by atoms with E-state index in [0.717, 1.165) is 12.8 Å². The first-order valence-corrected chi connectivity index (χ1v) is 9.62. The van der Waals surface area contributed by atoms with Gasteiger partial charge in [-0.2, -0.15) is 4.72 Å². The normalized spacial score (nSPS) is 15.8. The molecule has 0 bridgehead atoms. The Labute approximate surface area is 144 Å². The van der Waals surface area contributed by atoms with Crippen LogP contribution in [-0.4, -0.2) is 37.9 Å². The van der Waals surface area contributed by atoms with Crippen LogP contribution in [0.15, 0.2) is 29.2 Å². The molecule has 0 unspecified atom stereocenters. The fraction of sp³-hybridized carbons (Fsp3) is 0.500. The number of amides is 1. The standard InChI is InChI=1S/C18H24N2O3S/c1-5-11-19-24(22,23)17-8-6-7-15(12-17)18(21)20(16-9-10-16)14(4)13(2)3/h1,6-8,12-14,16,19H,9-11H2,2-4H3/t14-/m0/s1. The summed E-state index contributed by atoms with van der Waals surface area (Å²) in [4.78, 5) is 14.9. The van der Waals surface area contributed by atoms with Gasteiger partial charge in [0.15, 0.2) is 0 Å². The summed E-state index contributed by atoms with van der Waals surface area (Å²) in [6, 6.07) is 6.49.